The minimum atomic E-state index is 0.0668. The Balaban J connectivity index is 1.62. The first-order valence-electron chi connectivity index (χ1n) is 9.45. The van der Waals surface area contributed by atoms with Crippen LogP contribution in [0.15, 0.2) is 36.4 Å². The summed E-state index contributed by atoms with van der Waals surface area (Å²) in [5, 5.41) is 0. The molecule has 1 aliphatic heterocycles. The predicted octanol–water partition coefficient (Wildman–Crippen LogP) is 3.61. The number of piperazine rings is 1. The zero-order chi connectivity index (χ0) is 19.2. The molecule has 0 saturated carbocycles. The molecular weight excluding hydrogens is 360 g/mol. The maximum Gasteiger partial charge on any atom is 0.267 e. The van der Waals surface area contributed by atoms with Crippen LogP contribution in [0.3, 0.4) is 0 Å². The van der Waals surface area contributed by atoms with Gasteiger partial charge in [-0.2, -0.15) is 0 Å². The van der Waals surface area contributed by atoms with Gasteiger partial charge in [0.25, 0.3) is 5.91 Å². The Labute approximate surface area is 165 Å². The number of carbonyl (C=O) groups excluding carboxylic acids is 1. The van der Waals surface area contributed by atoms with Crippen molar-refractivity contribution in [1.29, 1.82) is 0 Å². The summed E-state index contributed by atoms with van der Waals surface area (Å²) in [5.41, 5.74) is 1.11. The first kappa shape index (κ1) is 19.9. The first-order chi connectivity index (χ1) is 13.1. The summed E-state index contributed by atoms with van der Waals surface area (Å²) in [6.45, 7) is 9.00. The summed E-state index contributed by atoms with van der Waals surface area (Å²) in [5.74, 6) is 0.730. The SMILES string of the molecule is COc1cc(-c2ccccc2)sc1C(=O)N1CCN(CCOC(C)C)CC1. The molecule has 27 heavy (non-hydrogen) atoms. The number of carbonyl (C=O) groups is 1. The third kappa shape index (κ3) is 5.09. The fraction of sp³-hybridized carbons (Fsp3) is 0.476. The van der Waals surface area contributed by atoms with Crippen LogP contribution >= 0.6 is 11.3 Å². The van der Waals surface area contributed by atoms with Crippen LogP contribution in [-0.2, 0) is 4.74 Å². The zero-order valence-electron chi connectivity index (χ0n) is 16.3. The summed E-state index contributed by atoms with van der Waals surface area (Å²) >= 11 is 1.51. The number of amides is 1. The van der Waals surface area contributed by atoms with E-state index in [9.17, 15) is 4.79 Å². The summed E-state index contributed by atoms with van der Waals surface area (Å²) in [6.07, 6.45) is 0.262. The summed E-state index contributed by atoms with van der Waals surface area (Å²) < 4.78 is 11.1. The van der Waals surface area contributed by atoms with Gasteiger partial charge in [0.05, 0.1) is 19.8 Å². The van der Waals surface area contributed by atoms with Gasteiger partial charge < -0.3 is 14.4 Å². The number of rotatable bonds is 7. The lowest BCUT2D eigenvalue weighted by Crippen LogP contribution is -2.49. The minimum absolute atomic E-state index is 0.0668. The van der Waals surface area contributed by atoms with E-state index in [-0.39, 0.29) is 12.0 Å². The third-order valence-electron chi connectivity index (χ3n) is 4.69. The quantitative estimate of drug-likeness (QED) is 0.727. The number of nitrogens with zero attached hydrogens (tertiary/aromatic N) is 2. The van der Waals surface area contributed by atoms with Crippen LogP contribution < -0.4 is 4.74 Å². The van der Waals surface area contributed by atoms with Gasteiger partial charge in [-0.05, 0) is 25.5 Å². The Morgan fingerprint density at radius 1 is 1.15 bits per heavy atom. The lowest BCUT2D eigenvalue weighted by atomic mass is 10.2. The van der Waals surface area contributed by atoms with Crippen molar-refractivity contribution in [3.8, 4) is 16.2 Å². The van der Waals surface area contributed by atoms with Crippen LogP contribution in [0.4, 0.5) is 0 Å². The Morgan fingerprint density at radius 3 is 2.48 bits per heavy atom. The van der Waals surface area contributed by atoms with E-state index in [1.165, 1.54) is 11.3 Å². The van der Waals surface area contributed by atoms with Crippen LogP contribution in [0, 0.1) is 0 Å². The fourth-order valence-electron chi connectivity index (χ4n) is 3.16. The second-order valence-electron chi connectivity index (χ2n) is 6.93. The predicted molar refractivity (Wildman–Crippen MR) is 110 cm³/mol. The van der Waals surface area contributed by atoms with E-state index in [1.807, 2.05) is 29.2 Å². The van der Waals surface area contributed by atoms with Crippen molar-refractivity contribution in [3.63, 3.8) is 0 Å². The van der Waals surface area contributed by atoms with E-state index < -0.39 is 0 Å². The molecule has 1 fully saturated rings. The highest BCUT2D eigenvalue weighted by atomic mass is 32.1. The van der Waals surface area contributed by atoms with Crippen molar-refractivity contribution in [2.45, 2.75) is 20.0 Å². The molecule has 1 amide bonds. The topological polar surface area (TPSA) is 42.0 Å². The highest BCUT2D eigenvalue weighted by Crippen LogP contribution is 2.37. The van der Waals surface area contributed by atoms with Gasteiger partial charge in [0.2, 0.25) is 0 Å². The molecule has 5 nitrogen and oxygen atoms in total. The molecule has 1 saturated heterocycles. The summed E-state index contributed by atoms with van der Waals surface area (Å²) in [6, 6.07) is 12.1. The van der Waals surface area contributed by atoms with E-state index in [4.69, 9.17) is 9.47 Å². The maximum absolute atomic E-state index is 13.0. The molecule has 3 rings (SSSR count). The molecule has 1 aliphatic rings. The maximum atomic E-state index is 13.0. The van der Waals surface area contributed by atoms with Crippen molar-refractivity contribution in [3.05, 3.63) is 41.3 Å². The molecule has 146 valence electrons. The standard InChI is InChI=1S/C21H28N2O3S/c1-16(2)26-14-13-22-9-11-23(12-10-22)21(24)20-18(25-3)15-19(27-20)17-7-5-4-6-8-17/h4-8,15-16H,9-14H2,1-3H3. The number of benzene rings is 1. The highest BCUT2D eigenvalue weighted by molar-refractivity contribution is 7.17. The smallest absolute Gasteiger partial charge is 0.267 e. The molecular formula is C21H28N2O3S. The van der Waals surface area contributed by atoms with Gasteiger partial charge in [-0.1, -0.05) is 30.3 Å². The van der Waals surface area contributed by atoms with Gasteiger partial charge in [-0.3, -0.25) is 9.69 Å². The molecule has 0 spiro atoms. The largest absolute Gasteiger partial charge is 0.495 e. The van der Waals surface area contributed by atoms with Crippen LogP contribution in [0.2, 0.25) is 0 Å². The molecule has 6 heteroatoms. The van der Waals surface area contributed by atoms with Crippen LogP contribution in [0.5, 0.6) is 5.75 Å². The molecule has 0 N–H and O–H groups in total. The summed E-state index contributed by atoms with van der Waals surface area (Å²) in [4.78, 5) is 19.1. The van der Waals surface area contributed by atoms with Gasteiger partial charge in [0.15, 0.2) is 0 Å². The fourth-order valence-corrected chi connectivity index (χ4v) is 4.25. The Hall–Kier alpha value is -1.89. The first-order valence-corrected chi connectivity index (χ1v) is 10.3. The van der Waals surface area contributed by atoms with Gasteiger partial charge in [0, 0.05) is 37.6 Å². The molecule has 2 heterocycles. The van der Waals surface area contributed by atoms with Gasteiger partial charge >= 0.3 is 0 Å². The van der Waals surface area contributed by atoms with Crippen LogP contribution in [0.1, 0.15) is 23.5 Å². The molecule has 0 radical (unpaired) electrons. The molecule has 1 aromatic carbocycles. The molecule has 0 unspecified atom stereocenters. The lowest BCUT2D eigenvalue weighted by Gasteiger charge is -2.34. The van der Waals surface area contributed by atoms with Crippen molar-refractivity contribution in [2.24, 2.45) is 0 Å². The van der Waals surface area contributed by atoms with Gasteiger partial charge in [0.1, 0.15) is 10.6 Å². The number of hydrogen-bond donors (Lipinski definition) is 0. The van der Waals surface area contributed by atoms with Gasteiger partial charge in [-0.25, -0.2) is 0 Å². The lowest BCUT2D eigenvalue weighted by molar-refractivity contribution is 0.0408. The van der Waals surface area contributed by atoms with E-state index >= 15 is 0 Å². The second kappa shape index (κ2) is 9.35. The van der Waals surface area contributed by atoms with Crippen LogP contribution in [-0.4, -0.2) is 68.3 Å². The zero-order valence-corrected chi connectivity index (χ0v) is 17.1. The highest BCUT2D eigenvalue weighted by Gasteiger charge is 2.26. The molecule has 0 atom stereocenters. The van der Waals surface area contributed by atoms with Crippen molar-refractivity contribution in [1.82, 2.24) is 9.80 Å². The number of hydrogen-bond acceptors (Lipinski definition) is 5. The molecule has 0 aliphatic carbocycles. The van der Waals surface area contributed by atoms with E-state index in [0.717, 1.165) is 49.8 Å². The molecule has 0 bridgehead atoms. The van der Waals surface area contributed by atoms with E-state index in [0.29, 0.717) is 10.6 Å². The number of methoxy groups -OCH3 is 1. The van der Waals surface area contributed by atoms with Crippen molar-refractivity contribution >= 4 is 17.2 Å². The average molecular weight is 389 g/mol. The minimum Gasteiger partial charge on any atom is -0.495 e. The summed E-state index contributed by atoms with van der Waals surface area (Å²) in [7, 11) is 1.63. The normalized spacial score (nSPS) is 15.3. The molecule has 1 aromatic heterocycles. The van der Waals surface area contributed by atoms with E-state index in [2.05, 4.69) is 30.9 Å². The van der Waals surface area contributed by atoms with Gasteiger partial charge in [-0.15, -0.1) is 11.3 Å². The third-order valence-corrected chi connectivity index (χ3v) is 5.84. The number of ether oxygens (including phenoxy) is 2. The van der Waals surface area contributed by atoms with E-state index in [1.54, 1.807) is 7.11 Å². The number of thiophene rings is 1. The second-order valence-corrected chi connectivity index (χ2v) is 7.98. The molecule has 2 aromatic rings. The van der Waals surface area contributed by atoms with Crippen LogP contribution in [0.25, 0.3) is 10.4 Å². The monoisotopic (exact) mass is 388 g/mol. The Kier molecular flexibility index (Phi) is 6.88. The Morgan fingerprint density at radius 2 is 1.85 bits per heavy atom. The average Bonchev–Trinajstić information content (AvgIpc) is 3.13. The van der Waals surface area contributed by atoms with Crippen molar-refractivity contribution < 1.29 is 14.3 Å². The Bertz CT molecular complexity index is 737. The van der Waals surface area contributed by atoms with Crippen molar-refractivity contribution in [2.75, 3.05) is 46.4 Å².